The Morgan fingerprint density at radius 1 is 1.14 bits per heavy atom. The van der Waals surface area contributed by atoms with E-state index in [0.717, 1.165) is 24.8 Å². The standard InChI is InChI=1S/C29H35ClO6/c1-27-11-9-19(31)13-18(27)7-8-21-22-10-12-29(35,28(22,2)14-23(32)25(21)27)24(33)16-36-26(34)20-6-4-3-5-17(20)15-30/h3-6,13,21-23,25,32,35H,7-12,14-16H2,1-2H3/t21-,22-,23-,25+,27-,28-,29-/m0/s1. The summed E-state index contributed by atoms with van der Waals surface area (Å²) in [5, 5.41) is 23.3. The molecular formula is C29H35ClO6. The summed E-state index contributed by atoms with van der Waals surface area (Å²) in [7, 11) is 0. The van der Waals surface area contributed by atoms with Gasteiger partial charge in [-0.25, -0.2) is 4.79 Å². The number of carbonyl (C=O) groups excluding carboxylic acids is 3. The number of rotatable bonds is 5. The Morgan fingerprint density at radius 2 is 1.89 bits per heavy atom. The van der Waals surface area contributed by atoms with E-state index in [1.165, 1.54) is 0 Å². The Labute approximate surface area is 217 Å². The molecule has 0 bridgehead atoms. The Balaban J connectivity index is 1.36. The van der Waals surface area contributed by atoms with Gasteiger partial charge in [-0.3, -0.25) is 9.59 Å². The van der Waals surface area contributed by atoms with Crippen LogP contribution < -0.4 is 0 Å². The molecule has 36 heavy (non-hydrogen) atoms. The van der Waals surface area contributed by atoms with Crippen LogP contribution in [0.2, 0.25) is 0 Å². The van der Waals surface area contributed by atoms with Gasteiger partial charge in [0.25, 0.3) is 0 Å². The minimum absolute atomic E-state index is 0.00556. The average molecular weight is 515 g/mol. The van der Waals surface area contributed by atoms with Crippen LogP contribution in [0.5, 0.6) is 0 Å². The number of esters is 1. The lowest BCUT2D eigenvalue weighted by Gasteiger charge is -2.60. The molecule has 0 spiro atoms. The highest BCUT2D eigenvalue weighted by molar-refractivity contribution is 6.17. The molecule has 5 rings (SSSR count). The summed E-state index contributed by atoms with van der Waals surface area (Å²) in [4.78, 5) is 38.2. The maximum atomic E-state index is 13.4. The van der Waals surface area contributed by atoms with Crippen molar-refractivity contribution < 1.29 is 29.3 Å². The summed E-state index contributed by atoms with van der Waals surface area (Å²) in [5.74, 6) is -0.602. The third-order valence-electron chi connectivity index (χ3n) is 10.2. The Bertz CT molecular complexity index is 1130. The van der Waals surface area contributed by atoms with Crippen LogP contribution >= 0.6 is 11.6 Å². The quantitative estimate of drug-likeness (QED) is 0.446. The summed E-state index contributed by atoms with van der Waals surface area (Å²) in [6.07, 6.45) is 5.28. The van der Waals surface area contributed by atoms with E-state index in [1.54, 1.807) is 30.3 Å². The number of fused-ring (bicyclic) bond motifs is 5. The Kier molecular flexibility index (Phi) is 6.46. The third-order valence-corrected chi connectivity index (χ3v) is 10.5. The second-order valence-corrected chi connectivity index (χ2v) is 12.0. The van der Waals surface area contributed by atoms with E-state index in [4.69, 9.17) is 16.3 Å². The topological polar surface area (TPSA) is 101 Å². The van der Waals surface area contributed by atoms with Crippen LogP contribution in [0.25, 0.3) is 0 Å². The average Bonchev–Trinajstić information content (AvgIpc) is 3.13. The maximum absolute atomic E-state index is 13.4. The molecule has 0 heterocycles. The normalized spacial score (nSPS) is 39.5. The fourth-order valence-electron chi connectivity index (χ4n) is 8.31. The number of carbonyl (C=O) groups is 3. The SMILES string of the molecule is C[C@]12CCC(=O)C=C1CC[C@@H]1[C@@H]2[C@@H](O)C[C@@]2(C)[C@H]1CC[C@]2(O)C(=O)COC(=O)c1ccccc1CCl. The molecule has 194 valence electrons. The van der Waals surface area contributed by atoms with E-state index in [9.17, 15) is 24.6 Å². The van der Waals surface area contributed by atoms with E-state index < -0.39 is 35.5 Å². The van der Waals surface area contributed by atoms with Gasteiger partial charge < -0.3 is 14.9 Å². The zero-order valence-corrected chi connectivity index (χ0v) is 21.7. The molecule has 3 fully saturated rings. The fourth-order valence-corrected chi connectivity index (χ4v) is 8.55. The molecule has 3 saturated carbocycles. The summed E-state index contributed by atoms with van der Waals surface area (Å²) in [5.41, 5.74) is -0.635. The van der Waals surface area contributed by atoms with Crippen LogP contribution in [0, 0.1) is 28.6 Å². The van der Waals surface area contributed by atoms with Crippen molar-refractivity contribution in [2.24, 2.45) is 28.6 Å². The van der Waals surface area contributed by atoms with Gasteiger partial charge in [0.15, 0.2) is 12.4 Å². The first kappa shape index (κ1) is 25.6. The number of ether oxygens (including phenoxy) is 1. The van der Waals surface area contributed by atoms with Crippen LogP contribution in [-0.4, -0.2) is 46.1 Å². The fraction of sp³-hybridized carbons (Fsp3) is 0.621. The van der Waals surface area contributed by atoms with Crippen molar-refractivity contribution in [3.8, 4) is 0 Å². The molecule has 0 unspecified atom stereocenters. The molecule has 0 aliphatic heterocycles. The first-order valence-electron chi connectivity index (χ1n) is 13.0. The highest BCUT2D eigenvalue weighted by atomic mass is 35.5. The number of aliphatic hydroxyl groups is 2. The lowest BCUT2D eigenvalue weighted by molar-refractivity contribution is -0.182. The molecule has 0 radical (unpaired) electrons. The number of ketones is 2. The first-order chi connectivity index (χ1) is 17.0. The molecule has 4 aliphatic carbocycles. The number of benzene rings is 1. The van der Waals surface area contributed by atoms with E-state index in [0.29, 0.717) is 30.4 Å². The van der Waals surface area contributed by atoms with Gasteiger partial charge in [-0.15, -0.1) is 11.6 Å². The predicted molar refractivity (Wildman–Crippen MR) is 134 cm³/mol. The van der Waals surface area contributed by atoms with Gasteiger partial charge in [0.05, 0.1) is 11.7 Å². The molecule has 0 aromatic heterocycles. The summed E-state index contributed by atoms with van der Waals surface area (Å²) in [6, 6.07) is 6.82. The molecule has 4 aliphatic rings. The predicted octanol–water partition coefficient (Wildman–Crippen LogP) is 4.39. The van der Waals surface area contributed by atoms with Gasteiger partial charge in [-0.1, -0.05) is 37.6 Å². The van der Waals surface area contributed by atoms with Crippen molar-refractivity contribution in [1.29, 1.82) is 0 Å². The number of Topliss-reactive ketones (excluding diaryl/α,β-unsaturated/α-hetero) is 1. The van der Waals surface area contributed by atoms with Crippen molar-refractivity contribution in [3.63, 3.8) is 0 Å². The van der Waals surface area contributed by atoms with Gasteiger partial charge in [0.2, 0.25) is 5.78 Å². The largest absolute Gasteiger partial charge is 0.454 e. The van der Waals surface area contributed by atoms with E-state index in [-0.39, 0.29) is 41.3 Å². The molecule has 2 N–H and O–H groups in total. The number of alkyl halides is 1. The molecule has 1 aromatic carbocycles. The van der Waals surface area contributed by atoms with E-state index in [1.807, 2.05) is 6.92 Å². The second kappa shape index (κ2) is 9.07. The minimum atomic E-state index is -1.67. The number of halogens is 1. The van der Waals surface area contributed by atoms with Gasteiger partial charge in [-0.05, 0) is 79.4 Å². The Hall–Kier alpha value is -2.02. The number of hydrogen-bond donors (Lipinski definition) is 2. The third kappa shape index (κ3) is 3.71. The molecule has 6 nitrogen and oxygen atoms in total. The zero-order chi connectivity index (χ0) is 25.9. The monoisotopic (exact) mass is 514 g/mol. The zero-order valence-electron chi connectivity index (χ0n) is 21.0. The summed E-state index contributed by atoms with van der Waals surface area (Å²) < 4.78 is 5.36. The Morgan fingerprint density at radius 3 is 2.64 bits per heavy atom. The van der Waals surface area contributed by atoms with Crippen molar-refractivity contribution in [2.75, 3.05) is 6.61 Å². The van der Waals surface area contributed by atoms with Crippen LogP contribution in [-0.2, 0) is 20.2 Å². The van der Waals surface area contributed by atoms with Crippen molar-refractivity contribution >= 4 is 29.1 Å². The van der Waals surface area contributed by atoms with Crippen LogP contribution in [0.4, 0.5) is 0 Å². The van der Waals surface area contributed by atoms with Crippen molar-refractivity contribution in [2.45, 2.75) is 76.4 Å². The van der Waals surface area contributed by atoms with Gasteiger partial charge >= 0.3 is 5.97 Å². The maximum Gasteiger partial charge on any atom is 0.338 e. The van der Waals surface area contributed by atoms with E-state index >= 15 is 0 Å². The van der Waals surface area contributed by atoms with Gasteiger partial charge in [0, 0.05) is 17.7 Å². The van der Waals surface area contributed by atoms with Crippen LogP contribution in [0.15, 0.2) is 35.9 Å². The highest BCUT2D eigenvalue weighted by Crippen LogP contribution is 2.67. The lowest BCUT2D eigenvalue weighted by Crippen LogP contribution is -2.62. The molecule has 1 aromatic rings. The molecular weight excluding hydrogens is 480 g/mol. The van der Waals surface area contributed by atoms with Gasteiger partial charge in [-0.2, -0.15) is 0 Å². The van der Waals surface area contributed by atoms with Crippen molar-refractivity contribution in [1.82, 2.24) is 0 Å². The minimum Gasteiger partial charge on any atom is -0.454 e. The first-order valence-corrected chi connectivity index (χ1v) is 13.6. The lowest BCUT2D eigenvalue weighted by atomic mass is 9.45. The second-order valence-electron chi connectivity index (χ2n) is 11.8. The molecule has 7 heteroatoms. The highest BCUT2D eigenvalue weighted by Gasteiger charge is 2.68. The van der Waals surface area contributed by atoms with E-state index in [2.05, 4.69) is 6.92 Å². The van der Waals surface area contributed by atoms with Crippen LogP contribution in [0.3, 0.4) is 0 Å². The van der Waals surface area contributed by atoms with Crippen LogP contribution in [0.1, 0.15) is 74.7 Å². The molecule has 0 saturated heterocycles. The molecule has 0 amide bonds. The summed E-state index contributed by atoms with van der Waals surface area (Å²) in [6.45, 7) is 3.58. The number of allylic oxidation sites excluding steroid dienone is 1. The van der Waals surface area contributed by atoms with Gasteiger partial charge in [0.1, 0.15) is 5.60 Å². The van der Waals surface area contributed by atoms with Crippen molar-refractivity contribution in [3.05, 3.63) is 47.0 Å². The smallest absolute Gasteiger partial charge is 0.338 e. The number of hydrogen-bond acceptors (Lipinski definition) is 6. The number of aliphatic hydroxyl groups excluding tert-OH is 1. The molecule has 7 atom stereocenters. The summed E-state index contributed by atoms with van der Waals surface area (Å²) >= 11 is 5.93.